The first-order valence-corrected chi connectivity index (χ1v) is 9.37. The summed E-state index contributed by atoms with van der Waals surface area (Å²) in [5, 5.41) is 3.69. The van der Waals surface area contributed by atoms with Crippen molar-refractivity contribution in [2.45, 2.75) is 25.4 Å². The Morgan fingerprint density at radius 3 is 2.88 bits per heavy atom. The van der Waals surface area contributed by atoms with Gasteiger partial charge in [0.15, 0.2) is 4.96 Å². The summed E-state index contributed by atoms with van der Waals surface area (Å²) in [5.74, 6) is 0.909. The SMILES string of the molecule is COc1ccc(CC2Cc3c(sc4nc5ccccc5n34)CN2)cc1. The third-order valence-electron chi connectivity index (χ3n) is 4.97. The summed E-state index contributed by atoms with van der Waals surface area (Å²) in [6.07, 6.45) is 2.05. The highest BCUT2D eigenvalue weighted by molar-refractivity contribution is 7.17. The molecule has 1 atom stereocenters. The van der Waals surface area contributed by atoms with Crippen LogP contribution in [0, 0.1) is 0 Å². The Morgan fingerprint density at radius 2 is 2.04 bits per heavy atom. The van der Waals surface area contributed by atoms with Crippen LogP contribution in [0.2, 0.25) is 0 Å². The Kier molecular flexibility index (Phi) is 3.50. The van der Waals surface area contributed by atoms with Crippen molar-refractivity contribution in [3.8, 4) is 5.75 Å². The average molecular weight is 349 g/mol. The van der Waals surface area contributed by atoms with Gasteiger partial charge in [-0.1, -0.05) is 35.6 Å². The number of ether oxygens (including phenoxy) is 1. The van der Waals surface area contributed by atoms with Gasteiger partial charge in [0.05, 0.1) is 18.1 Å². The number of hydrogen-bond donors (Lipinski definition) is 1. The van der Waals surface area contributed by atoms with Crippen molar-refractivity contribution in [3.63, 3.8) is 0 Å². The Balaban J connectivity index is 1.47. The van der Waals surface area contributed by atoms with Gasteiger partial charge in [0, 0.05) is 29.6 Å². The van der Waals surface area contributed by atoms with E-state index in [4.69, 9.17) is 9.72 Å². The van der Waals surface area contributed by atoms with Crippen molar-refractivity contribution in [3.05, 3.63) is 64.7 Å². The van der Waals surface area contributed by atoms with Crippen LogP contribution in [0.15, 0.2) is 48.5 Å². The van der Waals surface area contributed by atoms with Crippen LogP contribution in [0.4, 0.5) is 0 Å². The zero-order valence-corrected chi connectivity index (χ0v) is 14.8. The van der Waals surface area contributed by atoms with Crippen LogP contribution < -0.4 is 10.1 Å². The topological polar surface area (TPSA) is 38.6 Å². The number of methoxy groups -OCH3 is 1. The summed E-state index contributed by atoms with van der Waals surface area (Å²) in [6, 6.07) is 17.2. The van der Waals surface area contributed by atoms with E-state index in [-0.39, 0.29) is 0 Å². The van der Waals surface area contributed by atoms with Gasteiger partial charge >= 0.3 is 0 Å². The van der Waals surface area contributed by atoms with Crippen LogP contribution in [0.3, 0.4) is 0 Å². The first-order valence-electron chi connectivity index (χ1n) is 8.56. The number of aromatic nitrogens is 2. The molecule has 0 fully saturated rings. The van der Waals surface area contributed by atoms with Crippen LogP contribution in [0.1, 0.15) is 16.1 Å². The Bertz CT molecular complexity index is 1050. The summed E-state index contributed by atoms with van der Waals surface area (Å²) in [6.45, 7) is 0.929. The van der Waals surface area contributed by atoms with Crippen LogP contribution in [0.5, 0.6) is 5.75 Å². The summed E-state index contributed by atoms with van der Waals surface area (Å²) < 4.78 is 7.61. The van der Waals surface area contributed by atoms with Crippen molar-refractivity contribution in [1.82, 2.24) is 14.7 Å². The zero-order chi connectivity index (χ0) is 16.8. The largest absolute Gasteiger partial charge is 0.497 e. The lowest BCUT2D eigenvalue weighted by Crippen LogP contribution is -2.37. The molecule has 0 radical (unpaired) electrons. The van der Waals surface area contributed by atoms with Gasteiger partial charge in [-0.2, -0.15) is 0 Å². The molecular weight excluding hydrogens is 330 g/mol. The van der Waals surface area contributed by atoms with Crippen LogP contribution >= 0.6 is 11.3 Å². The number of nitrogens with zero attached hydrogens (tertiary/aromatic N) is 2. The summed E-state index contributed by atoms with van der Waals surface area (Å²) in [7, 11) is 1.70. The normalized spacial score (nSPS) is 17.1. The third-order valence-corrected chi connectivity index (χ3v) is 6.05. The second kappa shape index (κ2) is 5.86. The second-order valence-electron chi connectivity index (χ2n) is 6.52. The lowest BCUT2D eigenvalue weighted by atomic mass is 9.98. The molecule has 1 N–H and O–H groups in total. The highest BCUT2D eigenvalue weighted by Gasteiger charge is 2.24. The molecule has 1 aliphatic heterocycles. The number of para-hydroxylation sites is 2. The van der Waals surface area contributed by atoms with Gasteiger partial charge in [-0.05, 0) is 36.2 Å². The number of imidazole rings is 1. The first kappa shape index (κ1) is 14.9. The quantitative estimate of drug-likeness (QED) is 0.611. The maximum atomic E-state index is 5.25. The number of hydrogen-bond acceptors (Lipinski definition) is 4. The number of rotatable bonds is 3. The van der Waals surface area contributed by atoms with E-state index in [9.17, 15) is 0 Å². The van der Waals surface area contributed by atoms with Crippen LogP contribution in [-0.4, -0.2) is 22.5 Å². The molecule has 0 saturated heterocycles. The summed E-state index contributed by atoms with van der Waals surface area (Å²) >= 11 is 1.81. The fraction of sp³-hybridized carbons (Fsp3) is 0.250. The van der Waals surface area contributed by atoms with E-state index >= 15 is 0 Å². The Morgan fingerprint density at radius 1 is 1.20 bits per heavy atom. The lowest BCUT2D eigenvalue weighted by Gasteiger charge is -2.24. The van der Waals surface area contributed by atoms with Crippen molar-refractivity contribution >= 4 is 27.3 Å². The van der Waals surface area contributed by atoms with Gasteiger partial charge in [-0.3, -0.25) is 4.40 Å². The summed E-state index contributed by atoms with van der Waals surface area (Å²) in [4.78, 5) is 7.31. The minimum Gasteiger partial charge on any atom is -0.497 e. The molecule has 25 heavy (non-hydrogen) atoms. The molecule has 0 amide bonds. The van der Waals surface area contributed by atoms with Crippen LogP contribution in [-0.2, 0) is 19.4 Å². The van der Waals surface area contributed by atoms with E-state index in [0.717, 1.165) is 35.6 Å². The molecule has 1 unspecified atom stereocenters. The minimum absolute atomic E-state index is 0.444. The summed E-state index contributed by atoms with van der Waals surface area (Å²) in [5.41, 5.74) is 5.07. The van der Waals surface area contributed by atoms with Gasteiger partial charge in [-0.15, -0.1) is 0 Å². The molecule has 2 aromatic carbocycles. The standard InChI is InChI=1S/C20H19N3OS/c1-24-15-8-6-13(7-9-15)10-14-11-18-19(12-21-14)25-20-22-16-4-2-3-5-17(16)23(18)20/h2-9,14,21H,10-12H2,1H3. The molecule has 4 aromatic rings. The number of benzene rings is 2. The zero-order valence-electron chi connectivity index (χ0n) is 14.0. The molecule has 5 heteroatoms. The first-order chi connectivity index (χ1) is 12.3. The molecule has 0 aliphatic carbocycles. The fourth-order valence-electron chi connectivity index (χ4n) is 3.70. The van der Waals surface area contributed by atoms with E-state index in [1.54, 1.807) is 7.11 Å². The molecule has 4 nitrogen and oxygen atoms in total. The van der Waals surface area contributed by atoms with E-state index in [0.29, 0.717) is 6.04 Å². The van der Waals surface area contributed by atoms with Gasteiger partial charge in [-0.25, -0.2) is 4.98 Å². The van der Waals surface area contributed by atoms with Crippen LogP contribution in [0.25, 0.3) is 16.0 Å². The van der Waals surface area contributed by atoms with Crippen molar-refractivity contribution in [1.29, 1.82) is 0 Å². The number of fused-ring (bicyclic) bond motifs is 5. The number of thiazole rings is 1. The number of nitrogens with one attached hydrogen (secondary N) is 1. The minimum atomic E-state index is 0.444. The molecule has 2 aromatic heterocycles. The van der Waals surface area contributed by atoms with E-state index in [1.165, 1.54) is 21.7 Å². The molecule has 0 spiro atoms. The average Bonchev–Trinajstić information content (AvgIpc) is 3.18. The predicted octanol–water partition coefficient (Wildman–Crippen LogP) is 3.81. The predicted molar refractivity (Wildman–Crippen MR) is 102 cm³/mol. The highest BCUT2D eigenvalue weighted by atomic mass is 32.1. The molecule has 1 aliphatic rings. The maximum absolute atomic E-state index is 5.25. The molecule has 3 heterocycles. The molecule has 0 bridgehead atoms. The van der Waals surface area contributed by atoms with Gasteiger partial charge in [0.1, 0.15) is 5.75 Å². The molecule has 126 valence electrons. The molecule has 0 saturated carbocycles. The van der Waals surface area contributed by atoms with Gasteiger partial charge in [0.2, 0.25) is 0 Å². The monoisotopic (exact) mass is 349 g/mol. The highest BCUT2D eigenvalue weighted by Crippen LogP contribution is 2.31. The Labute approximate surface area is 150 Å². The maximum Gasteiger partial charge on any atom is 0.195 e. The van der Waals surface area contributed by atoms with E-state index < -0.39 is 0 Å². The second-order valence-corrected chi connectivity index (χ2v) is 7.59. The fourth-order valence-corrected chi connectivity index (χ4v) is 4.82. The van der Waals surface area contributed by atoms with Gasteiger partial charge in [0.25, 0.3) is 0 Å². The molecular formula is C20H19N3OS. The third kappa shape index (κ3) is 2.51. The Hall–Kier alpha value is -2.37. The van der Waals surface area contributed by atoms with Gasteiger partial charge < -0.3 is 10.1 Å². The lowest BCUT2D eigenvalue weighted by molar-refractivity contribution is 0.414. The van der Waals surface area contributed by atoms with E-state index in [1.807, 2.05) is 23.5 Å². The van der Waals surface area contributed by atoms with Crippen molar-refractivity contribution in [2.75, 3.05) is 7.11 Å². The smallest absolute Gasteiger partial charge is 0.195 e. The van der Waals surface area contributed by atoms with Crippen molar-refractivity contribution in [2.24, 2.45) is 0 Å². The van der Waals surface area contributed by atoms with Crippen molar-refractivity contribution < 1.29 is 4.74 Å². The molecule has 5 rings (SSSR count). The van der Waals surface area contributed by atoms with E-state index in [2.05, 4.69) is 46.1 Å².